The molecule has 100 valence electrons. The van der Waals surface area contributed by atoms with Crippen molar-refractivity contribution in [3.05, 3.63) is 34.4 Å². The quantitative estimate of drug-likeness (QED) is 0.896. The summed E-state index contributed by atoms with van der Waals surface area (Å²) < 4.78 is 1.53. The largest absolute Gasteiger partial charge is 0.356 e. The topological polar surface area (TPSA) is 59.3 Å². The number of nitrogens with zero attached hydrogens (tertiary/aromatic N) is 3. The molecule has 0 atom stereocenters. The average Bonchev–Trinajstić information content (AvgIpc) is 2.39. The zero-order chi connectivity index (χ0) is 13.2. The molecule has 2 heterocycles. The summed E-state index contributed by atoms with van der Waals surface area (Å²) in [4.78, 5) is 20.5. The molecule has 3 rings (SSSR count). The molecule has 0 aromatic carbocycles. The van der Waals surface area contributed by atoms with Crippen molar-refractivity contribution in [3.63, 3.8) is 0 Å². The van der Waals surface area contributed by atoms with Gasteiger partial charge in [0.05, 0.1) is 0 Å². The summed E-state index contributed by atoms with van der Waals surface area (Å²) in [6.45, 7) is 1.88. The summed E-state index contributed by atoms with van der Waals surface area (Å²) in [6.07, 6.45) is 6.05. The number of nitrogens with one attached hydrogen (secondary N) is 1. The summed E-state index contributed by atoms with van der Waals surface area (Å²) in [6, 6.07) is 6.02. The second-order valence-corrected chi connectivity index (χ2v) is 5.17. The van der Waals surface area contributed by atoms with E-state index in [-0.39, 0.29) is 5.69 Å². The lowest BCUT2D eigenvalue weighted by Gasteiger charge is -2.22. The number of hydrogen-bond donors (Lipinski definition) is 1. The Hall–Kier alpha value is -1.91. The zero-order valence-electron chi connectivity index (χ0n) is 11.1. The molecule has 0 amide bonds. The summed E-state index contributed by atoms with van der Waals surface area (Å²) in [5.41, 5.74) is 1.24. The third-order valence-corrected chi connectivity index (χ3v) is 3.72. The number of aromatic nitrogens is 3. The van der Waals surface area contributed by atoms with Gasteiger partial charge in [-0.15, -0.1) is 0 Å². The zero-order valence-corrected chi connectivity index (χ0v) is 11.1. The highest BCUT2D eigenvalue weighted by Gasteiger charge is 2.15. The predicted octanol–water partition coefficient (Wildman–Crippen LogP) is 2.14. The molecule has 1 fully saturated rings. The van der Waals surface area contributed by atoms with Crippen LogP contribution in [0.15, 0.2) is 23.0 Å². The molecule has 1 N–H and O–H groups in total. The monoisotopic (exact) mass is 258 g/mol. The van der Waals surface area contributed by atoms with Gasteiger partial charge in [-0.2, -0.15) is 9.97 Å². The van der Waals surface area contributed by atoms with Crippen LogP contribution in [0.4, 0.5) is 5.95 Å². The molecule has 2 aromatic rings. The van der Waals surface area contributed by atoms with Crippen LogP contribution in [0.1, 0.15) is 37.8 Å². The van der Waals surface area contributed by atoms with Crippen LogP contribution in [0.2, 0.25) is 0 Å². The number of aryl methyl sites for hydroxylation is 1. The Labute approximate surface area is 111 Å². The first kappa shape index (κ1) is 12.1. The number of hydrogen-bond acceptors (Lipinski definition) is 4. The van der Waals surface area contributed by atoms with Gasteiger partial charge in [-0.1, -0.05) is 25.3 Å². The minimum atomic E-state index is -0.263. The minimum Gasteiger partial charge on any atom is -0.351 e. The lowest BCUT2D eigenvalue weighted by molar-refractivity contribution is 0.460. The van der Waals surface area contributed by atoms with Crippen LogP contribution in [0, 0.1) is 6.92 Å². The van der Waals surface area contributed by atoms with E-state index in [4.69, 9.17) is 0 Å². The maximum Gasteiger partial charge on any atom is 0.356 e. The molecule has 5 nitrogen and oxygen atoms in total. The van der Waals surface area contributed by atoms with Gasteiger partial charge in [0.25, 0.3) is 0 Å². The van der Waals surface area contributed by atoms with Crippen LogP contribution in [0.3, 0.4) is 0 Å². The third kappa shape index (κ3) is 2.45. The maximum absolute atomic E-state index is 12.0. The molecule has 1 aliphatic rings. The van der Waals surface area contributed by atoms with Gasteiger partial charge in [-0.05, 0) is 31.9 Å². The molecule has 0 bridgehead atoms. The molecule has 5 heteroatoms. The van der Waals surface area contributed by atoms with Crippen molar-refractivity contribution >= 4 is 11.6 Å². The second-order valence-electron chi connectivity index (χ2n) is 5.17. The first-order valence-electron chi connectivity index (χ1n) is 6.87. The molecule has 0 aliphatic heterocycles. The van der Waals surface area contributed by atoms with Crippen molar-refractivity contribution in [1.29, 1.82) is 0 Å². The van der Waals surface area contributed by atoms with Crippen molar-refractivity contribution in [2.24, 2.45) is 0 Å². The highest BCUT2D eigenvalue weighted by atomic mass is 16.1. The van der Waals surface area contributed by atoms with E-state index in [1.54, 1.807) is 0 Å². The van der Waals surface area contributed by atoms with Gasteiger partial charge >= 0.3 is 5.69 Å². The van der Waals surface area contributed by atoms with Gasteiger partial charge in [-0.25, -0.2) is 9.20 Å². The van der Waals surface area contributed by atoms with Crippen molar-refractivity contribution in [2.75, 3.05) is 5.32 Å². The van der Waals surface area contributed by atoms with Crippen LogP contribution >= 0.6 is 0 Å². The second kappa shape index (κ2) is 4.99. The Kier molecular flexibility index (Phi) is 3.19. The molecular formula is C14H18N4O. The number of anilines is 1. The molecule has 0 saturated heterocycles. The van der Waals surface area contributed by atoms with Crippen LogP contribution in [0.25, 0.3) is 5.65 Å². The maximum atomic E-state index is 12.0. The molecule has 2 aromatic heterocycles. The Morgan fingerprint density at radius 3 is 2.79 bits per heavy atom. The SMILES string of the molecule is Cc1cccc2nc(NC3CCCCC3)nc(=O)n12. The Morgan fingerprint density at radius 2 is 2.00 bits per heavy atom. The highest BCUT2D eigenvalue weighted by Crippen LogP contribution is 2.19. The Bertz CT molecular complexity index is 643. The van der Waals surface area contributed by atoms with Crippen molar-refractivity contribution in [3.8, 4) is 0 Å². The number of pyridine rings is 1. The predicted molar refractivity (Wildman–Crippen MR) is 74.5 cm³/mol. The summed E-state index contributed by atoms with van der Waals surface area (Å²) >= 11 is 0. The normalized spacial score (nSPS) is 16.7. The molecule has 1 saturated carbocycles. The fourth-order valence-electron chi connectivity index (χ4n) is 2.71. The molecule has 0 unspecified atom stereocenters. The van der Waals surface area contributed by atoms with E-state index in [0.717, 1.165) is 18.5 Å². The highest BCUT2D eigenvalue weighted by molar-refractivity contribution is 5.43. The Balaban J connectivity index is 1.94. The minimum absolute atomic E-state index is 0.263. The van der Waals surface area contributed by atoms with E-state index in [9.17, 15) is 4.79 Å². The molecule has 19 heavy (non-hydrogen) atoms. The van der Waals surface area contributed by atoms with Gasteiger partial charge < -0.3 is 5.32 Å². The smallest absolute Gasteiger partial charge is 0.351 e. The lowest BCUT2D eigenvalue weighted by Crippen LogP contribution is -2.27. The van der Waals surface area contributed by atoms with Crippen molar-refractivity contribution in [2.45, 2.75) is 45.1 Å². The molecule has 0 radical (unpaired) electrons. The molecular weight excluding hydrogens is 240 g/mol. The van der Waals surface area contributed by atoms with E-state index in [1.807, 2.05) is 25.1 Å². The van der Waals surface area contributed by atoms with Gasteiger partial charge in [0.2, 0.25) is 5.95 Å². The lowest BCUT2D eigenvalue weighted by atomic mass is 9.96. The van der Waals surface area contributed by atoms with E-state index in [1.165, 1.54) is 23.7 Å². The summed E-state index contributed by atoms with van der Waals surface area (Å²) in [5.74, 6) is 0.461. The fourth-order valence-corrected chi connectivity index (χ4v) is 2.71. The number of rotatable bonds is 2. The molecule has 1 aliphatic carbocycles. The standard InChI is InChI=1S/C14H18N4O/c1-10-6-5-9-12-16-13(17-14(19)18(10)12)15-11-7-3-2-4-8-11/h5-6,9,11H,2-4,7-8H2,1H3,(H,15,17,19). The molecule has 0 spiro atoms. The van der Waals surface area contributed by atoms with E-state index < -0.39 is 0 Å². The number of fused-ring (bicyclic) bond motifs is 1. The van der Waals surface area contributed by atoms with E-state index in [0.29, 0.717) is 17.6 Å². The van der Waals surface area contributed by atoms with Crippen LogP contribution < -0.4 is 11.0 Å². The summed E-state index contributed by atoms with van der Waals surface area (Å²) in [7, 11) is 0. The van der Waals surface area contributed by atoms with E-state index >= 15 is 0 Å². The van der Waals surface area contributed by atoms with Crippen LogP contribution in [-0.2, 0) is 0 Å². The Morgan fingerprint density at radius 1 is 1.21 bits per heavy atom. The van der Waals surface area contributed by atoms with Gasteiger partial charge in [0.15, 0.2) is 0 Å². The van der Waals surface area contributed by atoms with E-state index in [2.05, 4.69) is 15.3 Å². The third-order valence-electron chi connectivity index (χ3n) is 3.72. The average molecular weight is 258 g/mol. The van der Waals surface area contributed by atoms with Gasteiger partial charge in [0.1, 0.15) is 5.65 Å². The van der Waals surface area contributed by atoms with Crippen molar-refractivity contribution < 1.29 is 0 Å². The van der Waals surface area contributed by atoms with Crippen LogP contribution in [0.5, 0.6) is 0 Å². The summed E-state index contributed by atoms with van der Waals surface area (Å²) in [5, 5.41) is 3.30. The fraction of sp³-hybridized carbons (Fsp3) is 0.500. The van der Waals surface area contributed by atoms with Gasteiger partial charge in [-0.3, -0.25) is 0 Å². The van der Waals surface area contributed by atoms with Crippen LogP contribution in [-0.4, -0.2) is 20.4 Å². The first-order chi connectivity index (χ1) is 9.24. The first-order valence-corrected chi connectivity index (χ1v) is 6.87. The van der Waals surface area contributed by atoms with Crippen molar-refractivity contribution in [1.82, 2.24) is 14.4 Å². The van der Waals surface area contributed by atoms with Gasteiger partial charge in [0, 0.05) is 11.7 Å².